The van der Waals surface area contributed by atoms with Crippen molar-refractivity contribution in [1.82, 2.24) is 0 Å². The van der Waals surface area contributed by atoms with Crippen LogP contribution >= 0.6 is 0 Å². The molecule has 6 rings (SSSR count). The molecule has 0 radical (unpaired) electrons. The fourth-order valence-corrected chi connectivity index (χ4v) is 11.8. The van der Waals surface area contributed by atoms with Crippen LogP contribution in [-0.2, 0) is 14.3 Å². The number of ether oxygens (including phenoxy) is 2. The van der Waals surface area contributed by atoms with Crippen LogP contribution in [0, 0.1) is 63.6 Å². The summed E-state index contributed by atoms with van der Waals surface area (Å²) < 4.78 is 12.6. The van der Waals surface area contributed by atoms with E-state index in [1.807, 2.05) is 0 Å². The average Bonchev–Trinajstić information content (AvgIpc) is 3.68. The maximum atomic E-state index is 12.5. The van der Waals surface area contributed by atoms with Gasteiger partial charge in [0.05, 0.1) is 24.4 Å². The molecule has 5 saturated carbocycles. The molecule has 2 unspecified atom stereocenters. The number of esters is 1. The topological polar surface area (TPSA) is 99.5 Å². The Morgan fingerprint density at radius 3 is 2.29 bits per heavy atom. The molecule has 0 bridgehead atoms. The number of rotatable bonds is 5. The molecule has 1 saturated heterocycles. The zero-order valence-electron chi connectivity index (χ0n) is 24.8. The van der Waals surface area contributed by atoms with Crippen molar-refractivity contribution in [2.24, 2.45) is 63.6 Å². The van der Waals surface area contributed by atoms with Crippen LogP contribution in [0.1, 0.15) is 93.9 Å². The Bertz CT molecular complexity index is 983. The number of epoxide rings is 1. The molecule has 1 aliphatic heterocycles. The highest BCUT2D eigenvalue weighted by atomic mass is 16.6. The van der Waals surface area contributed by atoms with Gasteiger partial charge < -0.3 is 24.8 Å². The lowest BCUT2D eigenvalue weighted by molar-refractivity contribution is -0.252. The van der Waals surface area contributed by atoms with Crippen molar-refractivity contribution in [3.8, 4) is 0 Å². The first kappa shape index (κ1) is 27.5. The SMILES string of the molecule is CC(=O)O[C@@H]1[C@@H](O)C2[C@@H](C[C@H]3O[C@]34C[C@@H](O)C[C@H](O)[C@]24C)C2CC[C@H]([C@H](C)[C@H]3C[C@]3(C)[C@H](C)C(C)C)[C@]21C. The lowest BCUT2D eigenvalue weighted by Crippen LogP contribution is -2.71. The summed E-state index contributed by atoms with van der Waals surface area (Å²) in [6.07, 6.45) is 2.28. The van der Waals surface area contributed by atoms with Gasteiger partial charge in [-0.05, 0) is 78.9 Å². The van der Waals surface area contributed by atoms with Gasteiger partial charge in [-0.1, -0.05) is 48.5 Å². The van der Waals surface area contributed by atoms with E-state index in [0.717, 1.165) is 19.3 Å². The summed E-state index contributed by atoms with van der Waals surface area (Å²) in [6.45, 7) is 17.8. The van der Waals surface area contributed by atoms with E-state index < -0.39 is 35.4 Å². The minimum Gasteiger partial charge on any atom is -0.459 e. The van der Waals surface area contributed by atoms with Crippen LogP contribution < -0.4 is 0 Å². The fourth-order valence-electron chi connectivity index (χ4n) is 11.8. The smallest absolute Gasteiger partial charge is 0.303 e. The fraction of sp³-hybridized carbons (Fsp3) is 0.969. The second-order valence-corrected chi connectivity index (χ2v) is 15.7. The van der Waals surface area contributed by atoms with E-state index in [1.54, 1.807) is 0 Å². The van der Waals surface area contributed by atoms with Gasteiger partial charge in [0.2, 0.25) is 0 Å². The number of carbonyl (C=O) groups is 1. The van der Waals surface area contributed by atoms with Gasteiger partial charge in [-0.25, -0.2) is 0 Å². The van der Waals surface area contributed by atoms with E-state index >= 15 is 0 Å². The molecule has 0 aromatic heterocycles. The first-order chi connectivity index (χ1) is 17.6. The maximum Gasteiger partial charge on any atom is 0.303 e. The van der Waals surface area contributed by atoms with Crippen LogP contribution in [0.15, 0.2) is 0 Å². The first-order valence-electron chi connectivity index (χ1n) is 15.5. The summed E-state index contributed by atoms with van der Waals surface area (Å²) in [5.74, 6) is 2.76. The van der Waals surface area contributed by atoms with Crippen molar-refractivity contribution < 1.29 is 29.6 Å². The predicted octanol–water partition coefficient (Wildman–Crippen LogP) is 4.58. The third-order valence-corrected chi connectivity index (χ3v) is 14.2. The normalized spacial score (nSPS) is 58.2. The van der Waals surface area contributed by atoms with Crippen LogP contribution in [-0.4, -0.2) is 57.4 Å². The molecule has 38 heavy (non-hydrogen) atoms. The van der Waals surface area contributed by atoms with E-state index in [2.05, 4.69) is 48.5 Å². The largest absolute Gasteiger partial charge is 0.459 e. The Kier molecular flexibility index (Phi) is 6.09. The molecule has 0 aromatic rings. The zero-order chi connectivity index (χ0) is 27.7. The van der Waals surface area contributed by atoms with Gasteiger partial charge in [0, 0.05) is 30.1 Å². The van der Waals surface area contributed by atoms with Gasteiger partial charge in [0.15, 0.2) is 0 Å². The Hall–Kier alpha value is -0.690. The van der Waals surface area contributed by atoms with Crippen molar-refractivity contribution in [1.29, 1.82) is 0 Å². The number of hydrogen-bond acceptors (Lipinski definition) is 6. The number of aliphatic hydroxyl groups excluding tert-OH is 3. The molecular formula is C32H52O6. The van der Waals surface area contributed by atoms with Gasteiger partial charge in [-0.2, -0.15) is 0 Å². The van der Waals surface area contributed by atoms with Crippen molar-refractivity contribution in [2.75, 3.05) is 0 Å². The van der Waals surface area contributed by atoms with Gasteiger partial charge >= 0.3 is 5.97 Å². The van der Waals surface area contributed by atoms with E-state index in [-0.39, 0.29) is 29.3 Å². The molecule has 6 heteroatoms. The number of fused-ring (bicyclic) bond motifs is 4. The summed E-state index contributed by atoms with van der Waals surface area (Å²) in [7, 11) is 0. The zero-order valence-corrected chi connectivity index (χ0v) is 24.8. The molecular weight excluding hydrogens is 480 g/mol. The molecule has 6 fully saturated rings. The third kappa shape index (κ3) is 3.30. The summed E-state index contributed by atoms with van der Waals surface area (Å²) in [5, 5.41) is 34.3. The molecule has 0 aromatic carbocycles. The van der Waals surface area contributed by atoms with Crippen molar-refractivity contribution in [3.63, 3.8) is 0 Å². The van der Waals surface area contributed by atoms with Crippen molar-refractivity contribution in [3.05, 3.63) is 0 Å². The molecule has 6 nitrogen and oxygen atoms in total. The molecule has 6 aliphatic rings. The Labute approximate surface area is 229 Å². The summed E-state index contributed by atoms with van der Waals surface area (Å²) >= 11 is 0. The van der Waals surface area contributed by atoms with Crippen LogP contribution in [0.2, 0.25) is 0 Å². The third-order valence-electron chi connectivity index (χ3n) is 14.2. The quantitative estimate of drug-likeness (QED) is 0.354. The van der Waals surface area contributed by atoms with Crippen LogP contribution in [0.3, 0.4) is 0 Å². The van der Waals surface area contributed by atoms with E-state index in [1.165, 1.54) is 13.3 Å². The van der Waals surface area contributed by atoms with Gasteiger partial charge in [-0.3, -0.25) is 4.79 Å². The lowest BCUT2D eigenvalue weighted by atomic mass is 9.42. The predicted molar refractivity (Wildman–Crippen MR) is 144 cm³/mol. The average molecular weight is 533 g/mol. The molecule has 0 amide bonds. The summed E-state index contributed by atoms with van der Waals surface area (Å²) in [6, 6.07) is 0. The van der Waals surface area contributed by atoms with Crippen LogP contribution in [0.4, 0.5) is 0 Å². The lowest BCUT2D eigenvalue weighted by Gasteiger charge is -2.63. The number of carbonyl (C=O) groups excluding carboxylic acids is 1. The second kappa shape index (κ2) is 8.42. The molecule has 16 atom stereocenters. The van der Waals surface area contributed by atoms with E-state index in [9.17, 15) is 20.1 Å². The minimum absolute atomic E-state index is 0.0233. The molecule has 3 N–H and O–H groups in total. The molecule has 1 heterocycles. The van der Waals surface area contributed by atoms with Gasteiger partial charge in [0.1, 0.15) is 11.7 Å². The van der Waals surface area contributed by atoms with Gasteiger partial charge in [-0.15, -0.1) is 0 Å². The monoisotopic (exact) mass is 532 g/mol. The van der Waals surface area contributed by atoms with Gasteiger partial charge in [0.25, 0.3) is 0 Å². The highest BCUT2D eigenvalue weighted by molar-refractivity contribution is 5.66. The van der Waals surface area contributed by atoms with Crippen molar-refractivity contribution >= 4 is 5.97 Å². The minimum atomic E-state index is -0.866. The molecule has 5 aliphatic carbocycles. The Balaban J connectivity index is 1.37. The number of hydrogen-bond donors (Lipinski definition) is 3. The Morgan fingerprint density at radius 2 is 1.66 bits per heavy atom. The van der Waals surface area contributed by atoms with Crippen molar-refractivity contribution in [2.45, 2.75) is 130 Å². The molecule has 216 valence electrons. The van der Waals surface area contributed by atoms with Crippen LogP contribution in [0.5, 0.6) is 0 Å². The summed E-state index contributed by atoms with van der Waals surface area (Å²) in [5.41, 5.74) is -1.23. The Morgan fingerprint density at radius 1 is 0.974 bits per heavy atom. The second-order valence-electron chi connectivity index (χ2n) is 15.7. The summed E-state index contributed by atoms with van der Waals surface area (Å²) in [4.78, 5) is 12.5. The maximum absolute atomic E-state index is 12.5. The number of aliphatic hydroxyl groups is 3. The van der Waals surface area contributed by atoms with E-state index in [4.69, 9.17) is 9.47 Å². The highest BCUT2D eigenvalue weighted by Crippen LogP contribution is 2.76. The van der Waals surface area contributed by atoms with E-state index in [0.29, 0.717) is 53.8 Å². The standard InChI is InChI=1S/C32H52O6/c1-15(2)17(4)29(6)14-23(29)16(3)21-9-10-22-20-12-25-32(38-25)13-19(34)11-24(35)31(32,8)26(20)27(36)28(30(21,22)7)37-18(5)33/h15-17,19-28,34-36H,9-14H2,1-8H3/t16-,17+,19-,20-,21+,22?,23+,24-,25+,26?,27-,28+,29+,30+,31+,32+/m0/s1. The highest BCUT2D eigenvalue weighted by Gasteiger charge is 2.81. The first-order valence-corrected chi connectivity index (χ1v) is 15.5. The molecule has 1 spiro atoms. The van der Waals surface area contributed by atoms with Crippen LogP contribution in [0.25, 0.3) is 0 Å².